The van der Waals surface area contributed by atoms with E-state index < -0.39 is 17.8 Å². The molecule has 1 N–H and O–H groups in total. The number of nitrogens with one attached hydrogen (secondary N) is 1. The second-order valence-corrected chi connectivity index (χ2v) is 7.26. The lowest BCUT2D eigenvalue weighted by atomic mass is 10.2. The number of amides is 1. The van der Waals surface area contributed by atoms with Crippen LogP contribution in [0.3, 0.4) is 0 Å². The maximum absolute atomic E-state index is 13.7. The lowest BCUT2D eigenvalue weighted by Crippen LogP contribution is -2.47. The Morgan fingerprint density at radius 2 is 1.58 bits per heavy atom. The van der Waals surface area contributed by atoms with Gasteiger partial charge in [0.05, 0.1) is 18.1 Å². The van der Waals surface area contributed by atoms with E-state index >= 15 is 0 Å². The number of halogens is 1. The molecule has 0 spiro atoms. The van der Waals surface area contributed by atoms with E-state index in [1.165, 1.54) is 17.8 Å². The molecule has 1 amide bonds. The van der Waals surface area contributed by atoms with Crippen molar-refractivity contribution >= 4 is 23.2 Å². The maximum Gasteiger partial charge on any atom is 0.265 e. The Hall–Kier alpha value is -3.68. The highest BCUT2D eigenvalue weighted by atomic mass is 19.1. The molecule has 1 aromatic heterocycles. The molecule has 160 valence electrons. The molecule has 1 aliphatic heterocycles. The van der Waals surface area contributed by atoms with Gasteiger partial charge >= 0.3 is 0 Å². The fourth-order valence-electron chi connectivity index (χ4n) is 3.38. The van der Waals surface area contributed by atoms with Crippen LogP contribution in [0.1, 0.15) is 6.92 Å². The number of anilines is 3. The minimum Gasteiger partial charge on any atom is -0.478 e. The van der Waals surface area contributed by atoms with Crippen LogP contribution in [0.25, 0.3) is 0 Å². The first-order chi connectivity index (χ1) is 15.1. The number of para-hydroxylation sites is 2. The van der Waals surface area contributed by atoms with Gasteiger partial charge in [0.2, 0.25) is 5.95 Å². The first-order valence-corrected chi connectivity index (χ1v) is 10.2. The quantitative estimate of drug-likeness (QED) is 0.658. The van der Waals surface area contributed by atoms with E-state index in [4.69, 9.17) is 4.74 Å². The summed E-state index contributed by atoms with van der Waals surface area (Å²) in [6, 6.07) is 16.3. The monoisotopic (exact) mass is 421 g/mol. The molecule has 1 atom stereocenters. The Labute approximate surface area is 180 Å². The third kappa shape index (κ3) is 5.09. The van der Waals surface area contributed by atoms with Crippen LogP contribution in [-0.4, -0.2) is 48.2 Å². The molecule has 8 heteroatoms. The number of hydrogen-bond donors (Lipinski definition) is 1. The predicted molar refractivity (Wildman–Crippen MR) is 118 cm³/mol. The number of aromatic nitrogens is 2. The summed E-state index contributed by atoms with van der Waals surface area (Å²) >= 11 is 0. The molecule has 1 aliphatic rings. The van der Waals surface area contributed by atoms with Crippen LogP contribution >= 0.6 is 0 Å². The molecule has 4 rings (SSSR count). The van der Waals surface area contributed by atoms with E-state index in [1.54, 1.807) is 31.5 Å². The zero-order valence-electron chi connectivity index (χ0n) is 17.2. The van der Waals surface area contributed by atoms with Crippen LogP contribution < -0.4 is 19.9 Å². The average molecular weight is 421 g/mol. The van der Waals surface area contributed by atoms with Gasteiger partial charge in [-0.25, -0.2) is 14.4 Å². The van der Waals surface area contributed by atoms with E-state index in [-0.39, 0.29) is 5.75 Å². The zero-order chi connectivity index (χ0) is 21.6. The lowest BCUT2D eigenvalue weighted by molar-refractivity contribution is -0.122. The fraction of sp³-hybridized carbons (Fsp3) is 0.261. The number of benzene rings is 2. The predicted octanol–water partition coefficient (Wildman–Crippen LogP) is 3.35. The first kappa shape index (κ1) is 20.6. The molecule has 1 saturated heterocycles. The van der Waals surface area contributed by atoms with Crippen molar-refractivity contribution in [3.8, 4) is 5.75 Å². The first-order valence-electron chi connectivity index (χ1n) is 10.2. The van der Waals surface area contributed by atoms with Crippen molar-refractivity contribution in [2.75, 3.05) is 41.3 Å². The number of hydrogen-bond acceptors (Lipinski definition) is 6. The molecule has 0 radical (unpaired) electrons. The second-order valence-electron chi connectivity index (χ2n) is 7.26. The van der Waals surface area contributed by atoms with Crippen molar-refractivity contribution in [3.05, 3.63) is 72.8 Å². The van der Waals surface area contributed by atoms with Crippen LogP contribution in [0, 0.1) is 5.82 Å². The van der Waals surface area contributed by atoms with Gasteiger partial charge in [-0.2, -0.15) is 0 Å². The number of nitrogens with zero attached hydrogens (tertiary/aromatic N) is 4. The minimum atomic E-state index is -0.873. The summed E-state index contributed by atoms with van der Waals surface area (Å²) in [6.45, 7) is 4.96. The zero-order valence-corrected chi connectivity index (χ0v) is 17.2. The summed E-state index contributed by atoms with van der Waals surface area (Å²) in [5, 5.41) is 2.70. The molecule has 31 heavy (non-hydrogen) atoms. The van der Waals surface area contributed by atoms with Crippen LogP contribution in [0.2, 0.25) is 0 Å². The third-order valence-corrected chi connectivity index (χ3v) is 5.10. The third-order valence-electron chi connectivity index (χ3n) is 5.10. The molecule has 7 nitrogen and oxygen atoms in total. The largest absolute Gasteiger partial charge is 0.478 e. The molecule has 2 aromatic carbocycles. The van der Waals surface area contributed by atoms with Crippen molar-refractivity contribution < 1.29 is 13.9 Å². The summed E-state index contributed by atoms with van der Waals surface area (Å²) < 4.78 is 19.1. The van der Waals surface area contributed by atoms with Crippen molar-refractivity contribution in [2.24, 2.45) is 0 Å². The highest BCUT2D eigenvalue weighted by molar-refractivity contribution is 5.93. The van der Waals surface area contributed by atoms with Gasteiger partial charge in [0.25, 0.3) is 5.91 Å². The second kappa shape index (κ2) is 9.42. The minimum absolute atomic E-state index is 0.0337. The van der Waals surface area contributed by atoms with Gasteiger partial charge in [0.1, 0.15) is 0 Å². The Morgan fingerprint density at radius 3 is 2.26 bits per heavy atom. The molecule has 0 bridgehead atoms. The molecule has 1 fully saturated rings. The van der Waals surface area contributed by atoms with Gasteiger partial charge in [-0.3, -0.25) is 4.79 Å². The van der Waals surface area contributed by atoms with Crippen LogP contribution in [-0.2, 0) is 4.79 Å². The topological polar surface area (TPSA) is 70.6 Å². The number of ether oxygens (including phenoxy) is 1. The van der Waals surface area contributed by atoms with E-state index in [2.05, 4.69) is 37.2 Å². The van der Waals surface area contributed by atoms with Gasteiger partial charge < -0.3 is 19.9 Å². The highest BCUT2D eigenvalue weighted by Gasteiger charge is 2.20. The molecule has 3 aromatic rings. The van der Waals surface area contributed by atoms with Gasteiger partial charge in [-0.05, 0) is 31.2 Å². The van der Waals surface area contributed by atoms with Crippen molar-refractivity contribution in [2.45, 2.75) is 13.0 Å². The Kier molecular flexibility index (Phi) is 6.26. The highest BCUT2D eigenvalue weighted by Crippen LogP contribution is 2.19. The van der Waals surface area contributed by atoms with Crippen LogP contribution in [0.15, 0.2) is 67.0 Å². The standard InChI is InChI=1S/C23H24FN5O2/c1-17(31-21-10-6-5-9-20(21)24)22(30)27-18-15-25-23(26-16-18)29-13-11-28(12-14-29)19-7-3-2-4-8-19/h2-10,15-17H,11-14H2,1H3,(H,27,30). The number of piperazine rings is 1. The van der Waals surface area contributed by atoms with Crippen molar-refractivity contribution in [1.82, 2.24) is 9.97 Å². The van der Waals surface area contributed by atoms with E-state index in [0.717, 1.165) is 26.2 Å². The van der Waals surface area contributed by atoms with Crippen molar-refractivity contribution in [1.29, 1.82) is 0 Å². The Balaban J connectivity index is 1.30. The SMILES string of the molecule is CC(Oc1ccccc1F)C(=O)Nc1cnc(N2CCN(c3ccccc3)CC2)nc1. The molecular weight excluding hydrogens is 397 g/mol. The summed E-state index contributed by atoms with van der Waals surface area (Å²) in [4.78, 5) is 25.6. The summed E-state index contributed by atoms with van der Waals surface area (Å²) in [7, 11) is 0. The molecule has 1 unspecified atom stereocenters. The van der Waals surface area contributed by atoms with Gasteiger partial charge in [-0.15, -0.1) is 0 Å². The number of rotatable bonds is 6. The van der Waals surface area contributed by atoms with Crippen LogP contribution in [0.5, 0.6) is 5.75 Å². The summed E-state index contributed by atoms with van der Waals surface area (Å²) in [6.07, 6.45) is 2.27. The number of carbonyl (C=O) groups is 1. The normalized spacial score (nSPS) is 14.8. The molecule has 2 heterocycles. The summed E-state index contributed by atoms with van der Waals surface area (Å²) in [5.74, 6) is -0.258. The van der Waals surface area contributed by atoms with Gasteiger partial charge in [0.15, 0.2) is 17.7 Å². The Bertz CT molecular complexity index is 1010. The molecule has 0 aliphatic carbocycles. The number of carbonyl (C=O) groups excluding carboxylic acids is 1. The lowest BCUT2D eigenvalue weighted by Gasteiger charge is -2.36. The smallest absolute Gasteiger partial charge is 0.265 e. The van der Waals surface area contributed by atoms with Crippen LogP contribution in [0.4, 0.5) is 21.7 Å². The fourth-order valence-corrected chi connectivity index (χ4v) is 3.38. The maximum atomic E-state index is 13.7. The van der Waals surface area contributed by atoms with E-state index in [9.17, 15) is 9.18 Å². The van der Waals surface area contributed by atoms with E-state index in [0.29, 0.717) is 11.6 Å². The van der Waals surface area contributed by atoms with Crippen molar-refractivity contribution in [3.63, 3.8) is 0 Å². The average Bonchev–Trinajstić information content (AvgIpc) is 2.82. The van der Waals surface area contributed by atoms with Gasteiger partial charge in [0, 0.05) is 31.9 Å². The Morgan fingerprint density at radius 1 is 0.968 bits per heavy atom. The summed E-state index contributed by atoms with van der Waals surface area (Å²) in [5.41, 5.74) is 1.67. The van der Waals surface area contributed by atoms with E-state index in [1.807, 2.05) is 18.2 Å². The molecule has 0 saturated carbocycles. The van der Waals surface area contributed by atoms with Gasteiger partial charge in [-0.1, -0.05) is 30.3 Å². The molecular formula is C23H24FN5O2.